The fourth-order valence-electron chi connectivity index (χ4n) is 6.20. The molecule has 0 saturated carbocycles. The Morgan fingerprint density at radius 1 is 0.472 bits per heavy atom. The SMILES string of the molecule is O=C1OC(=O)c2cc3c(cc21)Nc1cc2c(cc1C31c3ccccc3-c3ccccc31)C(=O)OC2=O. The van der Waals surface area contributed by atoms with Gasteiger partial charge in [0.2, 0.25) is 0 Å². The number of rotatable bonds is 0. The lowest BCUT2D eigenvalue weighted by Crippen LogP contribution is -2.34. The monoisotopic (exact) mass is 471 g/mol. The van der Waals surface area contributed by atoms with Crippen LogP contribution in [0.25, 0.3) is 11.1 Å². The molecule has 1 aliphatic carbocycles. The summed E-state index contributed by atoms with van der Waals surface area (Å²) >= 11 is 0. The van der Waals surface area contributed by atoms with Crippen LogP contribution in [0.3, 0.4) is 0 Å². The first kappa shape index (κ1) is 19.3. The summed E-state index contributed by atoms with van der Waals surface area (Å²) in [4.78, 5) is 49.9. The van der Waals surface area contributed by atoms with Crippen LogP contribution in [0.4, 0.5) is 11.4 Å². The number of esters is 4. The maximum Gasteiger partial charge on any atom is 0.346 e. The van der Waals surface area contributed by atoms with Crippen LogP contribution in [-0.4, -0.2) is 23.9 Å². The van der Waals surface area contributed by atoms with Gasteiger partial charge in [0.15, 0.2) is 0 Å². The summed E-state index contributed by atoms with van der Waals surface area (Å²) in [5, 5.41) is 3.35. The Morgan fingerprint density at radius 2 is 0.861 bits per heavy atom. The van der Waals surface area contributed by atoms with Gasteiger partial charge in [-0.3, -0.25) is 0 Å². The van der Waals surface area contributed by atoms with Crippen molar-refractivity contribution in [3.05, 3.63) is 117 Å². The number of anilines is 2. The Labute approximate surface area is 203 Å². The zero-order chi connectivity index (χ0) is 24.3. The molecule has 4 aromatic carbocycles. The molecule has 170 valence electrons. The van der Waals surface area contributed by atoms with E-state index in [0.717, 1.165) is 33.4 Å². The smallest absolute Gasteiger partial charge is 0.346 e. The van der Waals surface area contributed by atoms with Gasteiger partial charge in [0.05, 0.1) is 27.7 Å². The predicted octanol–water partition coefficient (Wildman–Crippen LogP) is 4.73. The van der Waals surface area contributed by atoms with Crippen molar-refractivity contribution in [1.29, 1.82) is 0 Å². The average Bonchev–Trinajstić information content (AvgIpc) is 3.45. The van der Waals surface area contributed by atoms with Gasteiger partial charge in [0.1, 0.15) is 0 Å². The highest BCUT2D eigenvalue weighted by molar-refractivity contribution is 6.17. The van der Waals surface area contributed by atoms with Crippen LogP contribution in [0.5, 0.6) is 0 Å². The van der Waals surface area contributed by atoms with E-state index in [2.05, 4.69) is 5.32 Å². The van der Waals surface area contributed by atoms with Gasteiger partial charge in [0, 0.05) is 11.4 Å². The Bertz CT molecular complexity index is 1670. The van der Waals surface area contributed by atoms with Gasteiger partial charge in [-0.25, -0.2) is 19.2 Å². The standard InChI is InChI=1S/C29H13NO6/c31-25-15-9-21-23(11-17(15)27(33)35-25)30-24-12-18-16(26(32)36-28(18)34)10-22(24)29(21)19-7-3-1-5-13(19)14-6-2-4-8-20(14)29/h1-12,30H. The minimum absolute atomic E-state index is 0.181. The molecule has 0 bridgehead atoms. The first-order valence-corrected chi connectivity index (χ1v) is 11.3. The molecular formula is C29H13NO6. The lowest BCUT2D eigenvalue weighted by atomic mass is 9.64. The average molecular weight is 471 g/mol. The third-order valence-electron chi connectivity index (χ3n) is 7.60. The minimum Gasteiger partial charge on any atom is -0.386 e. The molecule has 4 aliphatic rings. The highest BCUT2D eigenvalue weighted by Gasteiger charge is 2.52. The van der Waals surface area contributed by atoms with Gasteiger partial charge in [-0.2, -0.15) is 0 Å². The van der Waals surface area contributed by atoms with E-state index in [9.17, 15) is 19.2 Å². The van der Waals surface area contributed by atoms with Crippen molar-refractivity contribution in [2.24, 2.45) is 0 Å². The number of cyclic esters (lactones) is 4. The van der Waals surface area contributed by atoms with Crippen molar-refractivity contribution in [2.45, 2.75) is 5.41 Å². The summed E-state index contributed by atoms with van der Waals surface area (Å²) in [5.74, 6) is -2.78. The molecule has 3 aliphatic heterocycles. The third kappa shape index (κ3) is 2.06. The van der Waals surface area contributed by atoms with Gasteiger partial charge in [-0.1, -0.05) is 48.5 Å². The quantitative estimate of drug-likeness (QED) is 0.253. The zero-order valence-corrected chi connectivity index (χ0v) is 18.4. The van der Waals surface area contributed by atoms with Crippen LogP contribution in [0.15, 0.2) is 72.8 Å². The fourth-order valence-corrected chi connectivity index (χ4v) is 6.20. The molecule has 0 saturated heterocycles. The van der Waals surface area contributed by atoms with Gasteiger partial charge in [-0.05, 0) is 57.6 Å². The first-order valence-electron chi connectivity index (χ1n) is 11.3. The number of carbonyl (C=O) groups excluding carboxylic acids is 4. The Hall–Kier alpha value is -5.04. The molecule has 0 fully saturated rings. The van der Waals surface area contributed by atoms with Crippen LogP contribution in [0, 0.1) is 0 Å². The van der Waals surface area contributed by atoms with Gasteiger partial charge >= 0.3 is 23.9 Å². The highest BCUT2D eigenvalue weighted by Crippen LogP contribution is 2.61. The number of hydrogen-bond acceptors (Lipinski definition) is 7. The summed E-state index contributed by atoms with van der Waals surface area (Å²) in [7, 11) is 0. The van der Waals surface area contributed by atoms with E-state index in [1.54, 1.807) is 24.3 Å². The summed E-state index contributed by atoms with van der Waals surface area (Å²) < 4.78 is 9.80. The fraction of sp³-hybridized carbons (Fsp3) is 0.0345. The number of hydrogen-bond donors (Lipinski definition) is 1. The van der Waals surface area contributed by atoms with E-state index in [-0.39, 0.29) is 22.3 Å². The number of fused-ring (bicyclic) bond motifs is 11. The molecule has 0 aromatic heterocycles. The molecule has 7 heteroatoms. The van der Waals surface area contributed by atoms with E-state index < -0.39 is 29.3 Å². The van der Waals surface area contributed by atoms with Crippen LogP contribution in [0.2, 0.25) is 0 Å². The van der Waals surface area contributed by atoms with Gasteiger partial charge in [0.25, 0.3) is 0 Å². The van der Waals surface area contributed by atoms with Crippen molar-refractivity contribution in [1.82, 2.24) is 0 Å². The molecule has 0 radical (unpaired) electrons. The molecule has 0 amide bonds. The predicted molar refractivity (Wildman–Crippen MR) is 127 cm³/mol. The zero-order valence-electron chi connectivity index (χ0n) is 18.4. The molecule has 0 atom stereocenters. The van der Waals surface area contributed by atoms with Crippen LogP contribution < -0.4 is 5.32 Å². The molecule has 7 nitrogen and oxygen atoms in total. The Kier molecular flexibility index (Phi) is 3.29. The molecule has 4 aromatic rings. The van der Waals surface area contributed by atoms with Gasteiger partial charge < -0.3 is 14.8 Å². The van der Waals surface area contributed by atoms with Crippen molar-refractivity contribution >= 4 is 35.3 Å². The van der Waals surface area contributed by atoms with E-state index in [1.807, 2.05) is 48.5 Å². The normalized spacial score (nSPS) is 16.9. The van der Waals surface area contributed by atoms with E-state index >= 15 is 0 Å². The highest BCUT2D eigenvalue weighted by atomic mass is 16.6. The summed E-state index contributed by atoms with van der Waals surface area (Å²) in [6.45, 7) is 0. The third-order valence-corrected chi connectivity index (χ3v) is 7.60. The topological polar surface area (TPSA) is 98.8 Å². The second-order valence-electron chi connectivity index (χ2n) is 9.21. The lowest BCUT2D eigenvalue weighted by Gasteiger charge is -2.40. The molecular weight excluding hydrogens is 458 g/mol. The first-order chi connectivity index (χ1) is 17.5. The van der Waals surface area contributed by atoms with Crippen molar-refractivity contribution in [3.63, 3.8) is 0 Å². The second kappa shape index (κ2) is 6.14. The van der Waals surface area contributed by atoms with Crippen molar-refractivity contribution < 1.29 is 28.7 Å². The molecule has 1 N–H and O–H groups in total. The Balaban J connectivity index is 1.57. The van der Waals surface area contributed by atoms with Crippen LogP contribution >= 0.6 is 0 Å². The van der Waals surface area contributed by atoms with Crippen LogP contribution in [0.1, 0.15) is 63.7 Å². The Morgan fingerprint density at radius 3 is 1.31 bits per heavy atom. The number of benzene rings is 4. The number of carbonyl (C=O) groups is 4. The van der Waals surface area contributed by atoms with Crippen molar-refractivity contribution in [2.75, 3.05) is 5.32 Å². The number of ether oxygens (including phenoxy) is 2. The summed E-state index contributed by atoms with van der Waals surface area (Å²) in [6, 6.07) is 22.7. The summed E-state index contributed by atoms with van der Waals surface area (Å²) in [5.41, 5.74) is 6.50. The molecule has 8 rings (SSSR count). The van der Waals surface area contributed by atoms with Crippen molar-refractivity contribution in [3.8, 4) is 11.1 Å². The van der Waals surface area contributed by atoms with E-state index in [4.69, 9.17) is 9.47 Å². The van der Waals surface area contributed by atoms with E-state index in [0.29, 0.717) is 11.4 Å². The number of nitrogens with one attached hydrogen (secondary N) is 1. The molecule has 1 spiro atoms. The maximum atomic E-state index is 12.6. The molecule has 36 heavy (non-hydrogen) atoms. The lowest BCUT2D eigenvalue weighted by molar-refractivity contribution is 0.0425. The largest absolute Gasteiger partial charge is 0.386 e. The molecule has 0 unspecified atom stereocenters. The van der Waals surface area contributed by atoms with E-state index in [1.165, 1.54) is 0 Å². The van der Waals surface area contributed by atoms with Crippen LogP contribution in [-0.2, 0) is 14.9 Å². The van der Waals surface area contributed by atoms with Gasteiger partial charge in [-0.15, -0.1) is 0 Å². The molecule has 3 heterocycles. The minimum atomic E-state index is -0.926. The summed E-state index contributed by atoms with van der Waals surface area (Å²) in [6.07, 6.45) is 0. The second-order valence-corrected chi connectivity index (χ2v) is 9.21. The maximum absolute atomic E-state index is 12.6.